The molecule has 0 aliphatic heterocycles. The van der Waals surface area contributed by atoms with Gasteiger partial charge in [0.25, 0.3) is 0 Å². The van der Waals surface area contributed by atoms with Crippen molar-refractivity contribution in [3.05, 3.63) is 65.7 Å². The van der Waals surface area contributed by atoms with E-state index < -0.39 is 0 Å². The molecule has 204 valence electrons. The summed E-state index contributed by atoms with van der Waals surface area (Å²) in [5.74, 6) is -0.322. The number of rotatable bonds is 20. The van der Waals surface area contributed by atoms with Gasteiger partial charge in [0.1, 0.15) is 0 Å². The number of amides is 1. The maximum absolute atomic E-state index is 12.3. The molecule has 1 amide bonds. The van der Waals surface area contributed by atoms with Crippen LogP contribution < -0.4 is 5.32 Å². The van der Waals surface area contributed by atoms with E-state index in [0.717, 1.165) is 29.7 Å². The minimum atomic E-state index is -0.388. The molecule has 0 aliphatic carbocycles. The topological polar surface area (TPSA) is 67.9 Å². The molecule has 0 bridgehead atoms. The van der Waals surface area contributed by atoms with E-state index in [9.17, 15) is 9.59 Å². The highest BCUT2D eigenvalue weighted by Crippen LogP contribution is 2.16. The molecule has 0 fully saturated rings. The van der Waals surface area contributed by atoms with Crippen LogP contribution in [0.15, 0.2) is 54.6 Å². The van der Waals surface area contributed by atoms with Crippen LogP contribution in [0.1, 0.15) is 95.6 Å². The largest absolute Gasteiger partial charge is 0.464 e. The van der Waals surface area contributed by atoms with Gasteiger partial charge in [0.05, 0.1) is 6.61 Å². The molecule has 0 unspecified atom stereocenters. The molecule has 6 heteroatoms. The van der Waals surface area contributed by atoms with Crippen LogP contribution in [0.3, 0.4) is 0 Å². The second kappa shape index (κ2) is 19.4. The van der Waals surface area contributed by atoms with Crippen LogP contribution in [-0.4, -0.2) is 30.2 Å². The number of hydrogen-bond acceptors (Lipinski definition) is 5. The van der Waals surface area contributed by atoms with E-state index in [2.05, 4.69) is 12.2 Å². The van der Waals surface area contributed by atoms with Crippen LogP contribution in [0.2, 0.25) is 0 Å². The zero-order valence-corrected chi connectivity index (χ0v) is 22.9. The lowest BCUT2D eigenvalue weighted by molar-refractivity contribution is -0.193. The van der Waals surface area contributed by atoms with Crippen molar-refractivity contribution < 1.29 is 19.2 Å². The van der Waals surface area contributed by atoms with E-state index in [4.69, 9.17) is 9.57 Å². The summed E-state index contributed by atoms with van der Waals surface area (Å²) in [6, 6.07) is 17.7. The van der Waals surface area contributed by atoms with Crippen LogP contribution in [0.5, 0.6) is 0 Å². The maximum atomic E-state index is 12.3. The molecule has 0 aliphatic rings. The highest BCUT2D eigenvalue weighted by molar-refractivity contribution is 5.90. The quantitative estimate of drug-likeness (QED) is 0.114. The third-order valence-corrected chi connectivity index (χ3v) is 6.23. The Morgan fingerprint density at radius 1 is 0.730 bits per heavy atom. The van der Waals surface area contributed by atoms with Gasteiger partial charge in [-0.15, -0.1) is 0 Å². The Hall–Kier alpha value is -2.70. The van der Waals surface area contributed by atoms with E-state index in [0.29, 0.717) is 26.1 Å². The minimum Gasteiger partial charge on any atom is -0.464 e. The van der Waals surface area contributed by atoms with Gasteiger partial charge in [0.15, 0.2) is 6.61 Å². The smallest absolute Gasteiger partial charge is 0.334 e. The highest BCUT2D eigenvalue weighted by Gasteiger charge is 2.12. The van der Waals surface area contributed by atoms with Crippen LogP contribution in [0, 0.1) is 0 Å². The summed E-state index contributed by atoms with van der Waals surface area (Å²) >= 11 is 0. The maximum Gasteiger partial charge on any atom is 0.334 e. The standard InChI is InChI=1S/C31H46N2O4/c1-3-5-6-7-8-9-10-11-12-16-19-30(34)32-29-22-20-28(21-23-29)25-33(37-26-31(35)36-4-2)24-27-17-14-13-15-18-27/h13-15,17-18,20-23H,3-12,16,19,24-26H2,1-2H3,(H,32,34). The first-order chi connectivity index (χ1) is 18.1. The molecule has 0 atom stereocenters. The Balaban J connectivity index is 1.71. The van der Waals surface area contributed by atoms with Crippen LogP contribution in [0.4, 0.5) is 5.69 Å². The summed E-state index contributed by atoms with van der Waals surface area (Å²) < 4.78 is 4.98. The zero-order valence-electron chi connectivity index (χ0n) is 22.9. The second-order valence-corrected chi connectivity index (χ2v) is 9.54. The van der Waals surface area contributed by atoms with Crippen molar-refractivity contribution in [1.29, 1.82) is 0 Å². The number of ether oxygens (including phenoxy) is 1. The molecule has 1 N–H and O–H groups in total. The van der Waals surface area contributed by atoms with E-state index >= 15 is 0 Å². The number of benzene rings is 2. The number of unbranched alkanes of at least 4 members (excludes halogenated alkanes) is 9. The fourth-order valence-corrected chi connectivity index (χ4v) is 4.17. The van der Waals surface area contributed by atoms with Crippen molar-refractivity contribution >= 4 is 17.6 Å². The van der Waals surface area contributed by atoms with Gasteiger partial charge < -0.3 is 10.1 Å². The zero-order chi connectivity index (χ0) is 26.6. The van der Waals surface area contributed by atoms with E-state index in [-0.39, 0.29) is 18.5 Å². The molecule has 0 saturated heterocycles. The predicted molar refractivity (Wildman–Crippen MR) is 150 cm³/mol. The fraction of sp³-hybridized carbons (Fsp3) is 0.548. The van der Waals surface area contributed by atoms with E-state index in [1.807, 2.05) is 54.6 Å². The molecule has 0 heterocycles. The molecule has 2 aromatic rings. The first kappa shape index (κ1) is 30.5. The third kappa shape index (κ3) is 14.6. The number of anilines is 1. The second-order valence-electron chi connectivity index (χ2n) is 9.54. The summed E-state index contributed by atoms with van der Waals surface area (Å²) in [6.45, 7) is 5.26. The lowest BCUT2D eigenvalue weighted by Crippen LogP contribution is -2.27. The fourth-order valence-electron chi connectivity index (χ4n) is 4.17. The molecule has 2 rings (SSSR count). The van der Waals surface area contributed by atoms with Gasteiger partial charge >= 0.3 is 5.97 Å². The number of carbonyl (C=O) groups is 2. The van der Waals surface area contributed by atoms with Gasteiger partial charge in [-0.25, -0.2) is 4.79 Å². The van der Waals surface area contributed by atoms with Gasteiger partial charge in [-0.3, -0.25) is 9.63 Å². The Labute approximate surface area is 223 Å². The molecule has 37 heavy (non-hydrogen) atoms. The SMILES string of the molecule is CCCCCCCCCCCCC(=O)Nc1ccc(CN(Cc2ccccc2)OCC(=O)OCC)cc1. The summed E-state index contributed by atoms with van der Waals surface area (Å²) in [6.07, 6.45) is 13.2. The Morgan fingerprint density at radius 3 is 1.89 bits per heavy atom. The normalized spacial score (nSPS) is 11.0. The molecule has 6 nitrogen and oxygen atoms in total. The van der Waals surface area contributed by atoms with Crippen molar-refractivity contribution in [2.24, 2.45) is 0 Å². The number of esters is 1. The van der Waals surface area contributed by atoms with Crippen molar-refractivity contribution in [1.82, 2.24) is 5.06 Å². The van der Waals surface area contributed by atoms with Crippen molar-refractivity contribution in [2.75, 3.05) is 18.5 Å². The van der Waals surface area contributed by atoms with Crippen LogP contribution >= 0.6 is 0 Å². The summed E-state index contributed by atoms with van der Waals surface area (Å²) in [5, 5.41) is 4.76. The molecule has 0 radical (unpaired) electrons. The molecule has 2 aromatic carbocycles. The lowest BCUT2D eigenvalue weighted by atomic mass is 10.1. The first-order valence-electron chi connectivity index (χ1n) is 14.1. The number of nitrogens with zero attached hydrogens (tertiary/aromatic N) is 1. The van der Waals surface area contributed by atoms with Crippen molar-refractivity contribution in [3.8, 4) is 0 Å². The summed E-state index contributed by atoms with van der Waals surface area (Å²) in [7, 11) is 0. The van der Waals surface area contributed by atoms with Crippen molar-refractivity contribution in [3.63, 3.8) is 0 Å². The monoisotopic (exact) mass is 510 g/mol. The van der Waals surface area contributed by atoms with Gasteiger partial charge in [-0.2, -0.15) is 5.06 Å². The average Bonchev–Trinajstić information content (AvgIpc) is 2.90. The average molecular weight is 511 g/mol. The van der Waals surface area contributed by atoms with Gasteiger partial charge in [-0.1, -0.05) is 107 Å². The highest BCUT2D eigenvalue weighted by atomic mass is 16.7. The van der Waals surface area contributed by atoms with Gasteiger partial charge in [-0.05, 0) is 36.6 Å². The first-order valence-corrected chi connectivity index (χ1v) is 14.1. The molecule has 0 aromatic heterocycles. The molecular formula is C31H46N2O4. The number of hydrogen-bond donors (Lipinski definition) is 1. The Kier molecular flexibility index (Phi) is 16.0. The number of carbonyl (C=O) groups excluding carboxylic acids is 2. The van der Waals surface area contributed by atoms with Gasteiger partial charge in [0.2, 0.25) is 5.91 Å². The van der Waals surface area contributed by atoms with E-state index in [1.165, 1.54) is 51.4 Å². The van der Waals surface area contributed by atoms with E-state index in [1.54, 1.807) is 12.0 Å². The minimum absolute atomic E-state index is 0.0655. The third-order valence-electron chi connectivity index (χ3n) is 6.23. The Bertz CT molecular complexity index is 871. The summed E-state index contributed by atoms with van der Waals surface area (Å²) in [4.78, 5) is 29.9. The van der Waals surface area contributed by atoms with Crippen molar-refractivity contribution in [2.45, 2.75) is 97.6 Å². The summed E-state index contributed by atoms with van der Waals surface area (Å²) in [5.41, 5.74) is 2.90. The number of hydroxylamine groups is 2. The lowest BCUT2D eigenvalue weighted by Gasteiger charge is -2.22. The van der Waals surface area contributed by atoms with Crippen LogP contribution in [0.25, 0.3) is 0 Å². The predicted octanol–water partition coefficient (Wildman–Crippen LogP) is 7.43. The van der Waals surface area contributed by atoms with Crippen LogP contribution in [-0.2, 0) is 32.3 Å². The molecule has 0 saturated carbocycles. The Morgan fingerprint density at radius 2 is 1.30 bits per heavy atom. The molecular weight excluding hydrogens is 464 g/mol. The molecule has 0 spiro atoms. The van der Waals surface area contributed by atoms with Gasteiger partial charge in [0, 0.05) is 25.2 Å². The number of nitrogens with one attached hydrogen (secondary N) is 1.